The molecule has 0 saturated heterocycles. The van der Waals surface area contributed by atoms with Gasteiger partial charge in [-0.2, -0.15) is 17.9 Å². The van der Waals surface area contributed by atoms with Gasteiger partial charge in [0.1, 0.15) is 17.6 Å². The maximum absolute atomic E-state index is 13.2. The topological polar surface area (TPSA) is 72.1 Å². The summed E-state index contributed by atoms with van der Waals surface area (Å²) in [5.74, 6) is 1.29. The molecule has 0 saturated carbocycles. The van der Waals surface area contributed by atoms with Crippen LogP contribution in [0.1, 0.15) is 23.8 Å². The molecule has 2 aromatic carbocycles. The van der Waals surface area contributed by atoms with E-state index in [1.165, 1.54) is 6.26 Å². The lowest BCUT2D eigenvalue weighted by Crippen LogP contribution is -2.27. The summed E-state index contributed by atoms with van der Waals surface area (Å²) in [5, 5.41) is 4.46. The highest BCUT2D eigenvalue weighted by Crippen LogP contribution is 2.37. The summed E-state index contributed by atoms with van der Waals surface area (Å²) in [5.41, 5.74) is 1.52. The fraction of sp³-hybridized carbons (Fsp3) is 0.150. The number of sulfonamides is 1. The second-order valence-corrected chi connectivity index (χ2v) is 7.90. The van der Waals surface area contributed by atoms with Crippen molar-refractivity contribution in [3.05, 3.63) is 84.3 Å². The fourth-order valence-electron chi connectivity index (χ4n) is 3.06. The quantitative estimate of drug-likeness (QED) is 0.672. The summed E-state index contributed by atoms with van der Waals surface area (Å²) in [4.78, 5) is 0.196. The van der Waals surface area contributed by atoms with Crippen molar-refractivity contribution in [1.29, 1.82) is 0 Å². The molecule has 6 nitrogen and oxygen atoms in total. The second kappa shape index (κ2) is 6.92. The van der Waals surface area contributed by atoms with Gasteiger partial charge in [-0.05, 0) is 54.1 Å². The van der Waals surface area contributed by atoms with E-state index in [-0.39, 0.29) is 4.90 Å². The van der Waals surface area contributed by atoms with E-state index in [1.807, 2.05) is 24.3 Å². The van der Waals surface area contributed by atoms with E-state index in [2.05, 4.69) is 5.10 Å². The monoisotopic (exact) mass is 382 g/mol. The van der Waals surface area contributed by atoms with Crippen molar-refractivity contribution in [1.82, 2.24) is 4.41 Å². The molecule has 1 aliphatic rings. The molecule has 0 aliphatic carbocycles. The zero-order valence-electron chi connectivity index (χ0n) is 14.6. The molecule has 4 rings (SSSR count). The molecular weight excluding hydrogens is 364 g/mol. The van der Waals surface area contributed by atoms with Crippen molar-refractivity contribution in [2.24, 2.45) is 5.10 Å². The van der Waals surface area contributed by atoms with Gasteiger partial charge < -0.3 is 9.15 Å². The Bertz CT molecular complexity index is 1040. The van der Waals surface area contributed by atoms with Crippen LogP contribution < -0.4 is 4.74 Å². The van der Waals surface area contributed by atoms with Gasteiger partial charge in [0.25, 0.3) is 10.0 Å². The fourth-order valence-corrected chi connectivity index (χ4v) is 4.50. The van der Waals surface area contributed by atoms with Crippen molar-refractivity contribution < 1.29 is 17.6 Å². The van der Waals surface area contributed by atoms with Crippen LogP contribution in [0.15, 0.2) is 87.4 Å². The third-order valence-electron chi connectivity index (χ3n) is 4.45. The molecular formula is C20H18N2O4S. The van der Waals surface area contributed by atoms with E-state index in [9.17, 15) is 8.42 Å². The van der Waals surface area contributed by atoms with Gasteiger partial charge in [-0.1, -0.05) is 18.2 Å². The smallest absolute Gasteiger partial charge is 0.279 e. The molecule has 1 atom stereocenters. The van der Waals surface area contributed by atoms with Crippen LogP contribution in [-0.2, 0) is 10.0 Å². The standard InChI is InChI=1S/C20H18N2O4S/c1-25-16-11-9-15(10-12-16)18-14-19(20-8-5-13-26-20)22(21-18)27(23,24)17-6-3-2-4-7-17/h2-13,19H,14H2,1H3. The minimum Gasteiger partial charge on any atom is -0.497 e. The van der Waals surface area contributed by atoms with Gasteiger partial charge in [0, 0.05) is 6.42 Å². The Kier molecular flexibility index (Phi) is 4.45. The van der Waals surface area contributed by atoms with Crippen LogP contribution in [0, 0.1) is 0 Å². The second-order valence-electron chi connectivity index (χ2n) is 6.10. The van der Waals surface area contributed by atoms with Crippen molar-refractivity contribution in [3.8, 4) is 5.75 Å². The van der Waals surface area contributed by atoms with Crippen LogP contribution in [0.4, 0.5) is 0 Å². The Labute approximate surface area is 157 Å². The molecule has 0 fully saturated rings. The van der Waals surface area contributed by atoms with Crippen LogP contribution in [-0.4, -0.2) is 25.7 Å². The van der Waals surface area contributed by atoms with Gasteiger partial charge in [-0.3, -0.25) is 0 Å². The van der Waals surface area contributed by atoms with Crippen molar-refractivity contribution in [2.75, 3.05) is 7.11 Å². The Morgan fingerprint density at radius 3 is 2.41 bits per heavy atom. The van der Waals surface area contributed by atoms with Gasteiger partial charge in [-0.15, -0.1) is 0 Å². The maximum atomic E-state index is 13.2. The molecule has 3 aromatic rings. The van der Waals surface area contributed by atoms with Crippen LogP contribution in [0.5, 0.6) is 5.75 Å². The normalized spacial score (nSPS) is 17.0. The average Bonchev–Trinajstić information content (AvgIpc) is 3.38. The molecule has 2 heterocycles. The Morgan fingerprint density at radius 2 is 1.78 bits per heavy atom. The number of nitrogens with zero attached hydrogens (tertiary/aromatic N) is 2. The first-order valence-electron chi connectivity index (χ1n) is 8.44. The summed E-state index contributed by atoms with van der Waals surface area (Å²) in [6, 6.07) is 18.7. The number of rotatable bonds is 5. The molecule has 138 valence electrons. The van der Waals surface area contributed by atoms with E-state index in [1.54, 1.807) is 49.6 Å². The first-order valence-corrected chi connectivity index (χ1v) is 9.88. The molecule has 7 heteroatoms. The van der Waals surface area contributed by atoms with E-state index in [0.717, 1.165) is 15.7 Å². The number of hydrogen-bond acceptors (Lipinski definition) is 5. The number of methoxy groups -OCH3 is 1. The lowest BCUT2D eigenvalue weighted by Gasteiger charge is -2.21. The predicted molar refractivity (Wildman–Crippen MR) is 101 cm³/mol. The summed E-state index contributed by atoms with van der Waals surface area (Å²) in [6.07, 6.45) is 1.96. The van der Waals surface area contributed by atoms with Gasteiger partial charge in [0.05, 0.1) is 24.0 Å². The first-order chi connectivity index (χ1) is 13.1. The molecule has 1 aliphatic heterocycles. The highest BCUT2D eigenvalue weighted by molar-refractivity contribution is 7.89. The highest BCUT2D eigenvalue weighted by Gasteiger charge is 2.39. The lowest BCUT2D eigenvalue weighted by atomic mass is 10.0. The Hall–Kier alpha value is -3.06. The lowest BCUT2D eigenvalue weighted by molar-refractivity contribution is 0.320. The number of furan rings is 1. The van der Waals surface area contributed by atoms with Crippen molar-refractivity contribution in [2.45, 2.75) is 17.4 Å². The Morgan fingerprint density at radius 1 is 1.04 bits per heavy atom. The number of benzene rings is 2. The van der Waals surface area contributed by atoms with E-state index in [0.29, 0.717) is 17.9 Å². The summed E-state index contributed by atoms with van der Waals surface area (Å²) < 4.78 is 38.2. The molecule has 1 unspecified atom stereocenters. The number of hydrazone groups is 1. The van der Waals surface area contributed by atoms with Gasteiger partial charge in [0.15, 0.2) is 0 Å². The third-order valence-corrected chi connectivity index (χ3v) is 6.15. The van der Waals surface area contributed by atoms with E-state index in [4.69, 9.17) is 9.15 Å². The first kappa shape index (κ1) is 17.4. The van der Waals surface area contributed by atoms with E-state index >= 15 is 0 Å². The SMILES string of the molecule is COc1ccc(C2=NN(S(=O)(=O)c3ccccc3)C(c3ccco3)C2)cc1. The largest absolute Gasteiger partial charge is 0.497 e. The van der Waals surface area contributed by atoms with Crippen LogP contribution in [0.25, 0.3) is 0 Å². The summed E-state index contributed by atoms with van der Waals surface area (Å²) in [7, 11) is -2.21. The number of ether oxygens (including phenoxy) is 1. The molecule has 0 bridgehead atoms. The van der Waals surface area contributed by atoms with Crippen molar-refractivity contribution in [3.63, 3.8) is 0 Å². The molecule has 27 heavy (non-hydrogen) atoms. The highest BCUT2D eigenvalue weighted by atomic mass is 32.2. The van der Waals surface area contributed by atoms with Gasteiger partial charge in [0.2, 0.25) is 0 Å². The van der Waals surface area contributed by atoms with Crippen LogP contribution in [0.2, 0.25) is 0 Å². The average molecular weight is 382 g/mol. The molecule has 0 radical (unpaired) electrons. The van der Waals surface area contributed by atoms with Crippen LogP contribution in [0.3, 0.4) is 0 Å². The van der Waals surface area contributed by atoms with Crippen molar-refractivity contribution >= 4 is 15.7 Å². The zero-order valence-corrected chi connectivity index (χ0v) is 15.5. The van der Waals surface area contributed by atoms with Gasteiger partial charge >= 0.3 is 0 Å². The zero-order chi connectivity index (χ0) is 18.9. The molecule has 1 aromatic heterocycles. The minimum atomic E-state index is -3.81. The van der Waals surface area contributed by atoms with Gasteiger partial charge in [-0.25, -0.2) is 0 Å². The van der Waals surface area contributed by atoms with E-state index < -0.39 is 16.1 Å². The molecule has 0 amide bonds. The third kappa shape index (κ3) is 3.21. The maximum Gasteiger partial charge on any atom is 0.279 e. The molecule has 0 spiro atoms. The minimum absolute atomic E-state index is 0.196. The Balaban J connectivity index is 1.76. The predicted octanol–water partition coefficient (Wildman–Crippen LogP) is 3.83. The van der Waals surface area contributed by atoms with Crippen LogP contribution >= 0.6 is 0 Å². The number of hydrogen-bond donors (Lipinski definition) is 0. The molecule has 0 N–H and O–H groups in total. The summed E-state index contributed by atoms with van der Waals surface area (Å²) in [6.45, 7) is 0. The summed E-state index contributed by atoms with van der Waals surface area (Å²) >= 11 is 0.